The molecule has 0 atom stereocenters. The molecule has 0 fully saturated rings. The van der Waals surface area contributed by atoms with E-state index in [0.29, 0.717) is 25.1 Å². The zero-order valence-corrected chi connectivity index (χ0v) is 20.4. The molecule has 0 amide bonds. The molecule has 3 aromatic rings. The van der Waals surface area contributed by atoms with Crippen LogP contribution in [0.4, 0.5) is 0 Å². The molecule has 0 aromatic heterocycles. The maximum atomic E-state index is 12.3. The number of benzene rings is 3. The minimum atomic E-state index is -3.22. The number of rotatable bonds is 9. The van der Waals surface area contributed by atoms with Gasteiger partial charge < -0.3 is 0 Å². The van der Waals surface area contributed by atoms with Crippen LogP contribution in [0.2, 0.25) is 0 Å². The van der Waals surface area contributed by atoms with Crippen LogP contribution in [-0.2, 0) is 14.3 Å². The van der Waals surface area contributed by atoms with E-state index in [9.17, 15) is 4.79 Å². The van der Waals surface area contributed by atoms with Gasteiger partial charge >= 0.3 is 193 Å². The summed E-state index contributed by atoms with van der Waals surface area (Å²) in [6.07, 6.45) is 2.00. The molecule has 0 aliphatic carbocycles. The van der Waals surface area contributed by atoms with Crippen molar-refractivity contribution < 1.29 is 14.3 Å². The molecular weight excluding hydrogens is 471 g/mol. The van der Waals surface area contributed by atoms with E-state index in [1.54, 1.807) is 6.92 Å². The van der Waals surface area contributed by atoms with E-state index < -0.39 is 11.3 Å². The second-order valence-electron chi connectivity index (χ2n) is 7.14. The standard InChI is InChI=1S/C26H28BrO3P/c1-3-29-22(20-26(28)30-4-2)21-31(27,23-14-8-5-9-15-23,24-16-10-6-11-17-24)25-18-12-7-13-19-25/h5-20H,3-4,21H2,1-2H3. The number of hydrogen-bond donors (Lipinski definition) is 0. The first-order valence-electron chi connectivity index (χ1n) is 10.4. The Morgan fingerprint density at radius 1 is 0.742 bits per heavy atom. The summed E-state index contributed by atoms with van der Waals surface area (Å²) in [7, 11) is 0. The maximum absolute atomic E-state index is 12.3. The van der Waals surface area contributed by atoms with Gasteiger partial charge in [-0.2, -0.15) is 0 Å². The van der Waals surface area contributed by atoms with Gasteiger partial charge in [0.1, 0.15) is 0 Å². The van der Waals surface area contributed by atoms with Gasteiger partial charge in [-0.15, -0.1) is 0 Å². The number of hydrogen-bond acceptors (Lipinski definition) is 3. The Morgan fingerprint density at radius 3 is 1.48 bits per heavy atom. The molecule has 3 rings (SSSR count). The molecular formula is C26H28BrO3P. The van der Waals surface area contributed by atoms with Crippen molar-refractivity contribution in [2.45, 2.75) is 13.8 Å². The van der Waals surface area contributed by atoms with Crippen molar-refractivity contribution in [1.82, 2.24) is 0 Å². The van der Waals surface area contributed by atoms with E-state index in [0.717, 1.165) is 0 Å². The summed E-state index contributed by atoms with van der Waals surface area (Å²) >= 11 is 4.37. The van der Waals surface area contributed by atoms with E-state index in [-0.39, 0.29) is 0 Å². The summed E-state index contributed by atoms with van der Waals surface area (Å²) < 4.78 is 11.2. The van der Waals surface area contributed by atoms with E-state index >= 15 is 0 Å². The van der Waals surface area contributed by atoms with E-state index in [1.165, 1.54) is 22.0 Å². The molecule has 0 aliphatic heterocycles. The summed E-state index contributed by atoms with van der Waals surface area (Å²) in [5.74, 6) is 0.213. The Morgan fingerprint density at radius 2 is 1.13 bits per heavy atom. The Balaban J connectivity index is 2.34. The number of carbonyl (C=O) groups is 1. The van der Waals surface area contributed by atoms with E-state index in [1.807, 2.05) is 25.1 Å². The van der Waals surface area contributed by atoms with Gasteiger partial charge in [0.25, 0.3) is 0 Å². The van der Waals surface area contributed by atoms with Gasteiger partial charge in [-0.3, -0.25) is 0 Å². The number of carbonyl (C=O) groups excluding carboxylic acids is 1. The molecule has 0 spiro atoms. The monoisotopic (exact) mass is 498 g/mol. The van der Waals surface area contributed by atoms with Crippen molar-refractivity contribution in [2.24, 2.45) is 0 Å². The fourth-order valence-corrected chi connectivity index (χ4v) is 11.3. The first-order chi connectivity index (χ1) is 15.0. The Labute approximate surface area is 192 Å². The molecule has 0 saturated carbocycles. The topological polar surface area (TPSA) is 35.5 Å². The normalized spacial score (nSPS) is 13.1. The summed E-state index contributed by atoms with van der Waals surface area (Å²) in [6, 6.07) is 31.3. The van der Waals surface area contributed by atoms with E-state index in [2.05, 4.69) is 88.3 Å². The first kappa shape index (κ1) is 23.2. The van der Waals surface area contributed by atoms with Crippen LogP contribution in [0.5, 0.6) is 0 Å². The molecule has 0 saturated heterocycles. The average Bonchev–Trinajstić information content (AvgIpc) is 2.81. The number of allylic oxidation sites excluding steroid dienone is 1. The number of ether oxygens (including phenoxy) is 2. The third-order valence-corrected chi connectivity index (χ3v) is 14.7. The molecule has 31 heavy (non-hydrogen) atoms. The molecule has 0 unspecified atom stereocenters. The van der Waals surface area contributed by atoms with Crippen molar-refractivity contribution in [2.75, 3.05) is 19.4 Å². The van der Waals surface area contributed by atoms with Crippen molar-refractivity contribution in [1.29, 1.82) is 0 Å². The molecule has 0 N–H and O–H groups in total. The second kappa shape index (κ2) is 10.3. The van der Waals surface area contributed by atoms with Gasteiger partial charge in [0.2, 0.25) is 0 Å². The van der Waals surface area contributed by atoms with Crippen LogP contribution >= 0.6 is 20.8 Å². The first-order valence-corrected chi connectivity index (χ1v) is 14.9. The summed E-state index contributed by atoms with van der Waals surface area (Å²) in [5, 5.41) is 0.280. The molecule has 0 aliphatic rings. The van der Waals surface area contributed by atoms with Gasteiger partial charge in [0.15, 0.2) is 0 Å². The Hall–Kier alpha value is -2.42. The zero-order valence-electron chi connectivity index (χ0n) is 17.9. The van der Waals surface area contributed by atoms with Crippen molar-refractivity contribution in [3.8, 4) is 0 Å². The average molecular weight is 499 g/mol. The van der Waals surface area contributed by atoms with Crippen LogP contribution in [0.25, 0.3) is 0 Å². The van der Waals surface area contributed by atoms with Crippen LogP contribution in [-0.4, -0.2) is 25.3 Å². The van der Waals surface area contributed by atoms with Crippen LogP contribution in [0.15, 0.2) is 103 Å². The SMILES string of the molecule is CCOC(=O)C=C(CP(Br)(c1ccccc1)(c1ccccc1)c1ccccc1)OCC. The minimum absolute atomic E-state index is 0.322. The zero-order chi connectivity index (χ0) is 22.2. The second-order valence-corrected chi connectivity index (χ2v) is 16.1. The fraction of sp³-hybridized carbons (Fsp3) is 0.192. The Bertz CT molecular complexity index is 921. The van der Waals surface area contributed by atoms with Crippen molar-refractivity contribution in [3.63, 3.8) is 0 Å². The van der Waals surface area contributed by atoms with Gasteiger partial charge in [-0.25, -0.2) is 0 Å². The summed E-state index contributed by atoms with van der Waals surface area (Å²) in [5.41, 5.74) is 0. The summed E-state index contributed by atoms with van der Waals surface area (Å²) in [6.45, 7) is 4.51. The molecule has 0 radical (unpaired) electrons. The van der Waals surface area contributed by atoms with Gasteiger partial charge in [0.05, 0.1) is 0 Å². The predicted octanol–water partition coefficient (Wildman–Crippen LogP) is 5.31. The Kier molecular flexibility index (Phi) is 7.69. The molecule has 3 aromatic carbocycles. The molecule has 0 bridgehead atoms. The van der Waals surface area contributed by atoms with Gasteiger partial charge in [-0.1, -0.05) is 0 Å². The number of halogens is 1. The van der Waals surface area contributed by atoms with Crippen LogP contribution < -0.4 is 15.9 Å². The van der Waals surface area contributed by atoms with Crippen LogP contribution in [0.1, 0.15) is 13.8 Å². The molecule has 3 nitrogen and oxygen atoms in total. The number of esters is 1. The van der Waals surface area contributed by atoms with E-state index in [4.69, 9.17) is 9.47 Å². The third-order valence-electron chi connectivity index (χ3n) is 5.23. The van der Waals surface area contributed by atoms with Crippen molar-refractivity contribution >= 4 is 42.7 Å². The van der Waals surface area contributed by atoms with Crippen LogP contribution in [0, 0.1) is 0 Å². The quantitative estimate of drug-likeness (QED) is 0.173. The van der Waals surface area contributed by atoms with Gasteiger partial charge in [0, 0.05) is 0 Å². The third kappa shape index (κ3) is 4.76. The van der Waals surface area contributed by atoms with Crippen LogP contribution in [0.3, 0.4) is 0 Å². The predicted molar refractivity (Wildman–Crippen MR) is 135 cm³/mol. The van der Waals surface area contributed by atoms with Crippen molar-refractivity contribution in [3.05, 3.63) is 103 Å². The fourth-order valence-electron chi connectivity index (χ4n) is 3.86. The molecule has 0 heterocycles. The molecule has 162 valence electrons. The summed E-state index contributed by atoms with van der Waals surface area (Å²) in [4.78, 5) is 12.3. The van der Waals surface area contributed by atoms with Gasteiger partial charge in [-0.05, 0) is 0 Å². The molecule has 5 heteroatoms.